The summed E-state index contributed by atoms with van der Waals surface area (Å²) in [5, 5.41) is 0.159. The third kappa shape index (κ3) is 3.02. The molecular formula is C14H20ClFN2. The Kier molecular flexibility index (Phi) is 4.60. The second kappa shape index (κ2) is 6.00. The lowest BCUT2D eigenvalue weighted by molar-refractivity contribution is 0.224. The Morgan fingerprint density at radius 1 is 1.44 bits per heavy atom. The largest absolute Gasteiger partial charge is 0.271 e. The number of benzene rings is 1. The molecule has 1 aromatic carbocycles. The van der Waals surface area contributed by atoms with Gasteiger partial charge in [-0.2, -0.15) is 0 Å². The number of hydrogen-bond acceptors (Lipinski definition) is 2. The van der Waals surface area contributed by atoms with Gasteiger partial charge in [-0.1, -0.05) is 37.4 Å². The Balaban J connectivity index is 2.18. The first-order chi connectivity index (χ1) is 8.61. The van der Waals surface area contributed by atoms with Crippen LogP contribution in [0.2, 0.25) is 5.02 Å². The Labute approximate surface area is 113 Å². The lowest BCUT2D eigenvalue weighted by atomic mass is 9.77. The number of halogens is 2. The van der Waals surface area contributed by atoms with Crippen molar-refractivity contribution in [1.82, 2.24) is 5.43 Å². The first-order valence-electron chi connectivity index (χ1n) is 6.53. The van der Waals surface area contributed by atoms with Crippen molar-refractivity contribution in [3.05, 3.63) is 34.6 Å². The predicted molar refractivity (Wildman–Crippen MR) is 72.6 cm³/mol. The van der Waals surface area contributed by atoms with Gasteiger partial charge in [-0.3, -0.25) is 11.3 Å². The number of nitrogens with one attached hydrogen (secondary N) is 1. The molecule has 3 unspecified atom stereocenters. The molecule has 3 atom stereocenters. The van der Waals surface area contributed by atoms with Crippen LogP contribution in [0.1, 0.15) is 44.2 Å². The van der Waals surface area contributed by atoms with E-state index in [1.54, 1.807) is 6.07 Å². The van der Waals surface area contributed by atoms with Gasteiger partial charge in [0.05, 0.1) is 5.02 Å². The maximum atomic E-state index is 13.5. The molecule has 1 aromatic rings. The van der Waals surface area contributed by atoms with Crippen molar-refractivity contribution in [3.8, 4) is 0 Å². The van der Waals surface area contributed by atoms with Crippen LogP contribution in [0.4, 0.5) is 4.39 Å². The zero-order chi connectivity index (χ0) is 13.1. The molecule has 0 heterocycles. The summed E-state index contributed by atoms with van der Waals surface area (Å²) in [6.45, 7) is 2.27. The van der Waals surface area contributed by atoms with Crippen LogP contribution in [0.25, 0.3) is 0 Å². The molecule has 1 aliphatic carbocycles. The van der Waals surface area contributed by atoms with E-state index < -0.39 is 0 Å². The SMILES string of the molecule is CC1CCCC(C(NN)c2ccc(Cl)c(F)c2)C1. The molecule has 1 saturated carbocycles. The Morgan fingerprint density at radius 2 is 2.22 bits per heavy atom. The average Bonchev–Trinajstić information content (AvgIpc) is 2.35. The van der Waals surface area contributed by atoms with Crippen LogP contribution in [0.15, 0.2) is 18.2 Å². The average molecular weight is 271 g/mol. The molecule has 0 saturated heterocycles. The maximum absolute atomic E-state index is 13.5. The number of hydrazine groups is 1. The molecule has 1 fully saturated rings. The molecule has 0 radical (unpaired) electrons. The van der Waals surface area contributed by atoms with E-state index >= 15 is 0 Å². The molecule has 0 aliphatic heterocycles. The molecule has 3 N–H and O–H groups in total. The Morgan fingerprint density at radius 3 is 2.83 bits per heavy atom. The fourth-order valence-electron chi connectivity index (χ4n) is 2.99. The summed E-state index contributed by atoms with van der Waals surface area (Å²) in [6, 6.07) is 4.96. The Bertz CT molecular complexity index is 411. The molecular weight excluding hydrogens is 251 g/mol. The van der Waals surface area contributed by atoms with Crippen LogP contribution < -0.4 is 11.3 Å². The van der Waals surface area contributed by atoms with Crippen molar-refractivity contribution < 1.29 is 4.39 Å². The van der Waals surface area contributed by atoms with Crippen molar-refractivity contribution in [1.29, 1.82) is 0 Å². The van der Waals surface area contributed by atoms with Gasteiger partial charge in [-0.15, -0.1) is 0 Å². The first kappa shape index (κ1) is 13.8. The van der Waals surface area contributed by atoms with Crippen molar-refractivity contribution in [2.24, 2.45) is 17.7 Å². The van der Waals surface area contributed by atoms with Crippen molar-refractivity contribution >= 4 is 11.6 Å². The first-order valence-corrected chi connectivity index (χ1v) is 6.90. The predicted octanol–water partition coefficient (Wildman–Crippen LogP) is 3.81. The van der Waals surface area contributed by atoms with Gasteiger partial charge in [0, 0.05) is 6.04 Å². The van der Waals surface area contributed by atoms with E-state index in [1.165, 1.54) is 18.9 Å². The van der Waals surface area contributed by atoms with E-state index in [1.807, 2.05) is 6.07 Å². The van der Waals surface area contributed by atoms with E-state index in [2.05, 4.69) is 12.3 Å². The lowest BCUT2D eigenvalue weighted by Crippen LogP contribution is -2.35. The lowest BCUT2D eigenvalue weighted by Gasteiger charge is -2.33. The summed E-state index contributed by atoms with van der Waals surface area (Å²) < 4.78 is 13.5. The summed E-state index contributed by atoms with van der Waals surface area (Å²) >= 11 is 5.71. The Hall–Kier alpha value is -0.640. The minimum atomic E-state index is -0.377. The van der Waals surface area contributed by atoms with Gasteiger partial charge in [0.15, 0.2) is 0 Å². The smallest absolute Gasteiger partial charge is 0.142 e. The van der Waals surface area contributed by atoms with E-state index in [-0.39, 0.29) is 16.9 Å². The molecule has 18 heavy (non-hydrogen) atoms. The zero-order valence-corrected chi connectivity index (χ0v) is 11.4. The normalized spacial score (nSPS) is 26.0. The topological polar surface area (TPSA) is 38.0 Å². The van der Waals surface area contributed by atoms with Gasteiger partial charge in [0.2, 0.25) is 0 Å². The second-order valence-electron chi connectivity index (χ2n) is 5.35. The van der Waals surface area contributed by atoms with Gasteiger partial charge >= 0.3 is 0 Å². The van der Waals surface area contributed by atoms with Crippen LogP contribution >= 0.6 is 11.6 Å². The number of nitrogens with two attached hydrogens (primary N) is 1. The van der Waals surface area contributed by atoms with Crippen LogP contribution in [0, 0.1) is 17.7 Å². The highest BCUT2D eigenvalue weighted by atomic mass is 35.5. The van der Waals surface area contributed by atoms with Crippen LogP contribution in [-0.4, -0.2) is 0 Å². The standard InChI is InChI=1S/C14H20ClFN2/c1-9-3-2-4-10(7-9)14(18-17)11-5-6-12(15)13(16)8-11/h5-6,8-10,14,18H,2-4,7,17H2,1H3. The molecule has 2 nitrogen and oxygen atoms in total. The van der Waals surface area contributed by atoms with Gasteiger partial charge in [-0.25, -0.2) is 4.39 Å². The molecule has 0 bridgehead atoms. The summed E-state index contributed by atoms with van der Waals surface area (Å²) in [4.78, 5) is 0. The minimum absolute atomic E-state index is 0.0134. The highest BCUT2D eigenvalue weighted by Gasteiger charge is 2.27. The maximum Gasteiger partial charge on any atom is 0.142 e. The highest BCUT2D eigenvalue weighted by Crippen LogP contribution is 2.37. The molecule has 4 heteroatoms. The highest BCUT2D eigenvalue weighted by molar-refractivity contribution is 6.30. The van der Waals surface area contributed by atoms with E-state index in [0.29, 0.717) is 5.92 Å². The summed E-state index contributed by atoms with van der Waals surface area (Å²) in [5.74, 6) is 6.48. The molecule has 100 valence electrons. The third-order valence-electron chi connectivity index (χ3n) is 3.93. The second-order valence-corrected chi connectivity index (χ2v) is 5.76. The van der Waals surface area contributed by atoms with Crippen LogP contribution in [0.3, 0.4) is 0 Å². The zero-order valence-electron chi connectivity index (χ0n) is 10.6. The van der Waals surface area contributed by atoms with Gasteiger partial charge in [-0.05, 0) is 42.4 Å². The van der Waals surface area contributed by atoms with Crippen molar-refractivity contribution in [2.45, 2.75) is 38.6 Å². The number of rotatable bonds is 3. The van der Waals surface area contributed by atoms with Crippen LogP contribution in [0.5, 0.6) is 0 Å². The van der Waals surface area contributed by atoms with E-state index in [4.69, 9.17) is 17.4 Å². The van der Waals surface area contributed by atoms with Crippen molar-refractivity contribution in [3.63, 3.8) is 0 Å². The fourth-order valence-corrected chi connectivity index (χ4v) is 3.11. The van der Waals surface area contributed by atoms with E-state index in [9.17, 15) is 4.39 Å². The molecule has 2 rings (SSSR count). The third-order valence-corrected chi connectivity index (χ3v) is 4.24. The summed E-state index contributed by atoms with van der Waals surface area (Å²) in [5.41, 5.74) is 3.73. The van der Waals surface area contributed by atoms with Crippen molar-refractivity contribution in [2.75, 3.05) is 0 Å². The van der Waals surface area contributed by atoms with Gasteiger partial charge in [0.1, 0.15) is 5.82 Å². The minimum Gasteiger partial charge on any atom is -0.271 e. The molecule has 0 amide bonds. The molecule has 1 aliphatic rings. The van der Waals surface area contributed by atoms with Gasteiger partial charge in [0.25, 0.3) is 0 Å². The number of hydrogen-bond donors (Lipinski definition) is 2. The van der Waals surface area contributed by atoms with Crippen LogP contribution in [-0.2, 0) is 0 Å². The quantitative estimate of drug-likeness (QED) is 0.647. The molecule has 0 aromatic heterocycles. The van der Waals surface area contributed by atoms with E-state index in [0.717, 1.165) is 24.3 Å². The summed E-state index contributed by atoms with van der Waals surface area (Å²) in [6.07, 6.45) is 4.78. The fraction of sp³-hybridized carbons (Fsp3) is 0.571. The monoisotopic (exact) mass is 270 g/mol. The molecule has 0 spiro atoms. The van der Waals surface area contributed by atoms with Gasteiger partial charge < -0.3 is 0 Å². The summed E-state index contributed by atoms with van der Waals surface area (Å²) in [7, 11) is 0.